The number of rotatable bonds is 7. The van der Waals surface area contributed by atoms with Crippen molar-refractivity contribution in [1.82, 2.24) is 9.80 Å². The monoisotopic (exact) mass is 535 g/mol. The van der Waals surface area contributed by atoms with E-state index in [1.54, 1.807) is 13.2 Å². The third-order valence-electron chi connectivity index (χ3n) is 5.91. The molecular formula is C27H26BrN3O2S. The lowest BCUT2D eigenvalue weighted by Gasteiger charge is -2.36. The van der Waals surface area contributed by atoms with Crippen LogP contribution in [0.2, 0.25) is 0 Å². The summed E-state index contributed by atoms with van der Waals surface area (Å²) < 4.78 is 12.5. The van der Waals surface area contributed by atoms with Crippen LogP contribution in [0.5, 0.6) is 11.5 Å². The molecule has 0 spiro atoms. The predicted octanol–water partition coefficient (Wildman–Crippen LogP) is 5.40. The summed E-state index contributed by atoms with van der Waals surface area (Å²) in [6.45, 7) is 4.92. The molecule has 0 radical (unpaired) electrons. The lowest BCUT2D eigenvalue weighted by Crippen LogP contribution is -2.48. The predicted molar refractivity (Wildman–Crippen MR) is 141 cm³/mol. The zero-order valence-corrected chi connectivity index (χ0v) is 21.4. The Morgan fingerprint density at radius 1 is 1.00 bits per heavy atom. The van der Waals surface area contributed by atoms with Gasteiger partial charge in [-0.15, -0.1) is 0 Å². The van der Waals surface area contributed by atoms with E-state index < -0.39 is 0 Å². The van der Waals surface area contributed by atoms with Gasteiger partial charge in [0.25, 0.3) is 0 Å². The summed E-state index contributed by atoms with van der Waals surface area (Å²) in [6, 6.07) is 24.0. The fraction of sp³-hybridized carbons (Fsp3) is 0.259. The van der Waals surface area contributed by atoms with Crippen LogP contribution in [0.3, 0.4) is 0 Å². The lowest BCUT2D eigenvalue weighted by molar-refractivity contribution is 0.177. The van der Waals surface area contributed by atoms with Crippen molar-refractivity contribution in [3.63, 3.8) is 0 Å². The number of benzene rings is 3. The first-order valence-electron chi connectivity index (χ1n) is 11.1. The molecule has 34 heavy (non-hydrogen) atoms. The summed E-state index contributed by atoms with van der Waals surface area (Å²) in [5.41, 5.74) is 3.67. The first-order chi connectivity index (χ1) is 16.6. The average Bonchev–Trinajstić information content (AvgIpc) is 2.88. The maximum Gasteiger partial charge on any atom is 0.162 e. The van der Waals surface area contributed by atoms with Crippen LogP contribution in [0, 0.1) is 11.3 Å². The van der Waals surface area contributed by atoms with Crippen molar-refractivity contribution in [3.05, 3.63) is 93.5 Å². The number of ether oxygens (including phenoxy) is 2. The molecule has 0 saturated carbocycles. The van der Waals surface area contributed by atoms with E-state index in [9.17, 15) is 5.26 Å². The van der Waals surface area contributed by atoms with Crippen LogP contribution < -0.4 is 9.47 Å². The van der Waals surface area contributed by atoms with Gasteiger partial charge in [-0.2, -0.15) is 5.26 Å². The van der Waals surface area contributed by atoms with Crippen LogP contribution in [-0.2, 0) is 13.2 Å². The van der Waals surface area contributed by atoms with Crippen molar-refractivity contribution in [2.45, 2.75) is 13.2 Å². The topological polar surface area (TPSA) is 48.7 Å². The van der Waals surface area contributed by atoms with Gasteiger partial charge < -0.3 is 14.4 Å². The SMILES string of the molecule is COc1cc(C(=S)N2CCN(Cc3ccccc3)CC2)c(Br)cc1OCc1ccccc1C#N. The second-order valence-electron chi connectivity index (χ2n) is 8.09. The number of methoxy groups -OCH3 is 1. The van der Waals surface area contributed by atoms with Crippen LogP contribution in [0.15, 0.2) is 71.2 Å². The molecule has 0 atom stereocenters. The highest BCUT2D eigenvalue weighted by Gasteiger charge is 2.22. The van der Waals surface area contributed by atoms with Crippen molar-refractivity contribution < 1.29 is 9.47 Å². The number of thiocarbonyl (C=S) groups is 1. The Bertz CT molecular complexity index is 1190. The minimum absolute atomic E-state index is 0.277. The zero-order valence-electron chi connectivity index (χ0n) is 19.0. The lowest BCUT2D eigenvalue weighted by atomic mass is 10.1. The summed E-state index contributed by atoms with van der Waals surface area (Å²) in [4.78, 5) is 5.51. The molecule has 0 amide bonds. The van der Waals surface area contributed by atoms with E-state index in [1.165, 1.54) is 5.56 Å². The third-order valence-corrected chi connectivity index (χ3v) is 7.05. The number of nitrogens with zero attached hydrogens (tertiary/aromatic N) is 3. The zero-order chi connectivity index (χ0) is 23.9. The molecule has 0 aliphatic carbocycles. The maximum atomic E-state index is 9.31. The molecule has 1 aliphatic heterocycles. The number of halogens is 1. The van der Waals surface area contributed by atoms with Gasteiger partial charge in [-0.3, -0.25) is 4.90 Å². The Labute approximate surface area is 214 Å². The van der Waals surface area contributed by atoms with E-state index in [0.717, 1.165) is 53.3 Å². The molecular weight excluding hydrogens is 510 g/mol. The molecule has 1 heterocycles. The Balaban J connectivity index is 1.42. The number of hydrogen-bond acceptors (Lipinski definition) is 5. The highest BCUT2D eigenvalue weighted by molar-refractivity contribution is 9.10. The Morgan fingerprint density at radius 3 is 2.41 bits per heavy atom. The molecule has 1 fully saturated rings. The summed E-state index contributed by atoms with van der Waals surface area (Å²) in [5, 5.41) is 9.31. The van der Waals surface area contributed by atoms with Crippen molar-refractivity contribution in [3.8, 4) is 17.6 Å². The van der Waals surface area contributed by atoms with Crippen LogP contribution >= 0.6 is 28.1 Å². The van der Waals surface area contributed by atoms with Crippen LogP contribution in [-0.4, -0.2) is 48.1 Å². The minimum Gasteiger partial charge on any atom is -0.493 e. The van der Waals surface area contributed by atoms with Crippen LogP contribution in [0.1, 0.15) is 22.3 Å². The Hall–Kier alpha value is -2.92. The van der Waals surface area contributed by atoms with E-state index in [1.807, 2.05) is 36.4 Å². The number of piperazine rings is 1. The van der Waals surface area contributed by atoms with Gasteiger partial charge in [0, 0.05) is 48.3 Å². The second-order valence-corrected chi connectivity index (χ2v) is 9.34. The third kappa shape index (κ3) is 5.76. The van der Waals surface area contributed by atoms with Gasteiger partial charge in [0.15, 0.2) is 11.5 Å². The van der Waals surface area contributed by atoms with Gasteiger partial charge in [0.1, 0.15) is 11.6 Å². The molecule has 0 bridgehead atoms. The molecule has 3 aromatic rings. The van der Waals surface area contributed by atoms with E-state index in [2.05, 4.69) is 56.1 Å². The molecule has 1 aliphatic rings. The van der Waals surface area contributed by atoms with Gasteiger partial charge in [-0.05, 0) is 39.7 Å². The molecule has 5 nitrogen and oxygen atoms in total. The van der Waals surface area contributed by atoms with Gasteiger partial charge in [0.2, 0.25) is 0 Å². The standard InChI is InChI=1S/C27H26BrN3O2S/c1-32-25-15-23(24(28)16-26(25)33-19-22-10-6-5-9-21(22)17-29)27(34)31-13-11-30(12-14-31)18-20-7-3-2-4-8-20/h2-10,15-16H,11-14,18-19H2,1H3. The molecule has 4 rings (SSSR count). The summed E-state index contributed by atoms with van der Waals surface area (Å²) >= 11 is 9.54. The largest absolute Gasteiger partial charge is 0.493 e. The van der Waals surface area contributed by atoms with Crippen molar-refractivity contribution in [2.75, 3.05) is 33.3 Å². The quantitative estimate of drug-likeness (QED) is 0.377. The molecule has 174 valence electrons. The molecule has 3 aromatic carbocycles. The van der Waals surface area contributed by atoms with Crippen LogP contribution in [0.25, 0.3) is 0 Å². The van der Waals surface area contributed by atoms with Gasteiger partial charge >= 0.3 is 0 Å². The summed E-state index contributed by atoms with van der Waals surface area (Å²) in [7, 11) is 1.62. The van der Waals surface area contributed by atoms with Gasteiger partial charge in [0.05, 0.1) is 18.7 Å². The highest BCUT2D eigenvalue weighted by Crippen LogP contribution is 2.35. The highest BCUT2D eigenvalue weighted by atomic mass is 79.9. The summed E-state index contributed by atoms with van der Waals surface area (Å²) in [6.07, 6.45) is 0. The maximum absolute atomic E-state index is 9.31. The Kier molecular flexibility index (Phi) is 8.17. The van der Waals surface area contributed by atoms with Gasteiger partial charge in [-0.25, -0.2) is 0 Å². The molecule has 0 N–H and O–H groups in total. The van der Waals surface area contributed by atoms with Crippen LogP contribution in [0.4, 0.5) is 0 Å². The number of nitriles is 1. The van der Waals surface area contributed by atoms with E-state index in [4.69, 9.17) is 21.7 Å². The number of hydrogen-bond donors (Lipinski definition) is 0. The first kappa shape index (κ1) is 24.2. The van der Waals surface area contributed by atoms with Crippen molar-refractivity contribution in [1.29, 1.82) is 5.26 Å². The Morgan fingerprint density at radius 2 is 1.71 bits per heavy atom. The smallest absolute Gasteiger partial charge is 0.162 e. The van der Waals surface area contributed by atoms with Crippen molar-refractivity contribution >= 4 is 33.1 Å². The van der Waals surface area contributed by atoms with E-state index in [0.29, 0.717) is 17.1 Å². The van der Waals surface area contributed by atoms with E-state index >= 15 is 0 Å². The first-order valence-corrected chi connectivity index (χ1v) is 12.3. The van der Waals surface area contributed by atoms with Crippen molar-refractivity contribution in [2.24, 2.45) is 0 Å². The fourth-order valence-electron chi connectivity index (χ4n) is 4.00. The normalized spacial score (nSPS) is 13.9. The molecule has 7 heteroatoms. The average molecular weight is 536 g/mol. The molecule has 1 saturated heterocycles. The fourth-order valence-corrected chi connectivity index (χ4v) is 5.00. The second kappa shape index (κ2) is 11.5. The molecule has 0 aromatic heterocycles. The molecule has 0 unspecified atom stereocenters. The summed E-state index contributed by atoms with van der Waals surface area (Å²) in [5.74, 6) is 1.21. The van der Waals surface area contributed by atoms with Gasteiger partial charge in [-0.1, -0.05) is 60.7 Å². The minimum atomic E-state index is 0.277. The van der Waals surface area contributed by atoms with E-state index in [-0.39, 0.29) is 6.61 Å².